The van der Waals surface area contributed by atoms with Gasteiger partial charge in [0.15, 0.2) is 0 Å². The molecule has 1 spiro atoms. The van der Waals surface area contributed by atoms with Crippen LogP contribution < -0.4 is 5.32 Å². The van der Waals surface area contributed by atoms with Crippen molar-refractivity contribution < 1.29 is 28.6 Å². The van der Waals surface area contributed by atoms with Gasteiger partial charge in [0.1, 0.15) is 23.9 Å². The average Bonchev–Trinajstić information content (AvgIpc) is 3.47. The topological polar surface area (TPSA) is 112 Å². The van der Waals surface area contributed by atoms with Crippen molar-refractivity contribution in [2.75, 3.05) is 26.7 Å². The molecular weight excluding hydrogens is 438 g/mol. The van der Waals surface area contributed by atoms with E-state index in [0.717, 1.165) is 12.0 Å². The van der Waals surface area contributed by atoms with E-state index in [1.54, 1.807) is 17.0 Å². The zero-order valence-corrected chi connectivity index (χ0v) is 19.3. The highest BCUT2D eigenvalue weighted by atomic mass is 16.6. The van der Waals surface area contributed by atoms with E-state index in [4.69, 9.17) is 9.15 Å². The Labute approximate surface area is 198 Å². The quantitative estimate of drug-likeness (QED) is 0.672. The lowest BCUT2D eigenvalue weighted by atomic mass is 9.85. The summed E-state index contributed by atoms with van der Waals surface area (Å²) in [6.07, 6.45) is 2.81. The maximum absolute atomic E-state index is 13.9. The van der Waals surface area contributed by atoms with Gasteiger partial charge in [-0.25, -0.2) is 4.79 Å². The summed E-state index contributed by atoms with van der Waals surface area (Å²) in [6, 6.07) is 11.9. The number of nitrogens with one attached hydrogen (secondary N) is 1. The fraction of sp³-hybridized carbons (Fsp3) is 0.480. The van der Waals surface area contributed by atoms with Crippen molar-refractivity contribution in [2.24, 2.45) is 5.92 Å². The zero-order chi connectivity index (χ0) is 24.1. The molecule has 0 bridgehead atoms. The van der Waals surface area contributed by atoms with Crippen LogP contribution in [0.1, 0.15) is 43.0 Å². The van der Waals surface area contributed by atoms with E-state index in [-0.39, 0.29) is 38.0 Å². The number of likely N-dealkylation sites (tertiary alicyclic amines) is 2. The third-order valence-corrected chi connectivity index (χ3v) is 6.82. The number of furan rings is 1. The molecule has 0 saturated carbocycles. The molecule has 0 unspecified atom stereocenters. The van der Waals surface area contributed by atoms with Gasteiger partial charge >= 0.3 is 6.09 Å². The molecule has 2 aliphatic heterocycles. The minimum Gasteiger partial charge on any atom is -0.467 e. The second-order valence-electron chi connectivity index (χ2n) is 8.80. The van der Waals surface area contributed by atoms with Crippen molar-refractivity contribution in [2.45, 2.75) is 43.9 Å². The van der Waals surface area contributed by atoms with Crippen LogP contribution in [0.25, 0.3) is 0 Å². The molecule has 3 atom stereocenters. The molecule has 9 heteroatoms. The SMILES string of the molecule is CNC(=O)[C@H]1C[C@]2(CCCCN(CCO)C2=O)N(C(=O)OCc2ccccc2)[C@H]1c1ccco1. The van der Waals surface area contributed by atoms with E-state index < -0.39 is 23.6 Å². The normalized spacial score (nSPS) is 24.8. The molecule has 1 aromatic heterocycles. The largest absolute Gasteiger partial charge is 0.467 e. The minimum absolute atomic E-state index is 0.0380. The summed E-state index contributed by atoms with van der Waals surface area (Å²) in [4.78, 5) is 43.6. The summed E-state index contributed by atoms with van der Waals surface area (Å²) in [7, 11) is 1.54. The number of β-amino-alcohol motifs (C(OH)–C–C–N with tert-alkyl or cyclic N) is 1. The van der Waals surface area contributed by atoms with Gasteiger partial charge in [0.05, 0.1) is 18.8 Å². The summed E-state index contributed by atoms with van der Waals surface area (Å²) >= 11 is 0. The summed E-state index contributed by atoms with van der Waals surface area (Å²) in [6.45, 7) is 0.519. The van der Waals surface area contributed by atoms with Crippen LogP contribution in [0, 0.1) is 5.92 Å². The lowest BCUT2D eigenvalue weighted by molar-refractivity contribution is -0.143. The fourth-order valence-corrected chi connectivity index (χ4v) is 5.27. The number of hydrogen-bond donors (Lipinski definition) is 2. The molecule has 2 saturated heterocycles. The van der Waals surface area contributed by atoms with Gasteiger partial charge in [-0.2, -0.15) is 0 Å². The van der Waals surface area contributed by atoms with Crippen molar-refractivity contribution in [1.82, 2.24) is 15.1 Å². The number of aliphatic hydroxyl groups excluding tert-OH is 1. The van der Waals surface area contributed by atoms with Crippen molar-refractivity contribution in [1.29, 1.82) is 0 Å². The van der Waals surface area contributed by atoms with Crippen molar-refractivity contribution in [3.8, 4) is 0 Å². The molecule has 2 N–H and O–H groups in total. The van der Waals surface area contributed by atoms with Crippen LogP contribution in [0.3, 0.4) is 0 Å². The Bertz CT molecular complexity index is 995. The second kappa shape index (κ2) is 10.3. The summed E-state index contributed by atoms with van der Waals surface area (Å²) in [5.41, 5.74) is -0.454. The second-order valence-corrected chi connectivity index (χ2v) is 8.80. The Hall–Kier alpha value is -3.33. The van der Waals surface area contributed by atoms with Gasteiger partial charge in [0.2, 0.25) is 11.8 Å². The van der Waals surface area contributed by atoms with Crippen molar-refractivity contribution >= 4 is 17.9 Å². The van der Waals surface area contributed by atoms with Gasteiger partial charge in [-0.3, -0.25) is 14.5 Å². The zero-order valence-electron chi connectivity index (χ0n) is 19.3. The molecule has 2 aromatic rings. The first-order chi connectivity index (χ1) is 16.5. The van der Waals surface area contributed by atoms with Crippen LogP contribution in [0.4, 0.5) is 4.79 Å². The third-order valence-electron chi connectivity index (χ3n) is 6.82. The van der Waals surface area contributed by atoms with Gasteiger partial charge in [0.25, 0.3) is 0 Å². The number of aliphatic hydroxyl groups is 1. The van der Waals surface area contributed by atoms with Gasteiger partial charge in [0, 0.05) is 20.1 Å². The fourth-order valence-electron chi connectivity index (χ4n) is 5.27. The monoisotopic (exact) mass is 469 g/mol. The lowest BCUT2D eigenvalue weighted by Gasteiger charge is -2.40. The first kappa shape index (κ1) is 23.8. The number of rotatable bonds is 6. The molecule has 0 aliphatic carbocycles. The van der Waals surface area contributed by atoms with E-state index in [2.05, 4.69) is 5.32 Å². The van der Waals surface area contributed by atoms with Gasteiger partial charge in [-0.15, -0.1) is 0 Å². The molecule has 9 nitrogen and oxygen atoms in total. The molecule has 182 valence electrons. The van der Waals surface area contributed by atoms with E-state index in [0.29, 0.717) is 25.1 Å². The lowest BCUT2D eigenvalue weighted by Crippen LogP contribution is -2.58. The molecular formula is C25H31N3O6. The highest BCUT2D eigenvalue weighted by Gasteiger charge is 2.62. The molecule has 1 aromatic carbocycles. The number of ether oxygens (including phenoxy) is 1. The van der Waals surface area contributed by atoms with E-state index in [9.17, 15) is 19.5 Å². The Kier molecular flexibility index (Phi) is 7.21. The summed E-state index contributed by atoms with van der Waals surface area (Å²) in [5, 5.41) is 12.2. The van der Waals surface area contributed by atoms with E-state index >= 15 is 0 Å². The first-order valence-corrected chi connectivity index (χ1v) is 11.7. The molecule has 3 amide bonds. The number of benzene rings is 1. The predicted octanol–water partition coefficient (Wildman–Crippen LogP) is 2.47. The van der Waals surface area contributed by atoms with Crippen LogP contribution in [-0.2, 0) is 20.9 Å². The van der Waals surface area contributed by atoms with Crippen LogP contribution in [-0.4, -0.2) is 65.1 Å². The third kappa shape index (κ3) is 4.40. The number of carbonyl (C=O) groups is 3. The Morgan fingerprint density at radius 2 is 2.00 bits per heavy atom. The smallest absolute Gasteiger partial charge is 0.411 e. The number of carbonyl (C=O) groups excluding carboxylic acids is 3. The first-order valence-electron chi connectivity index (χ1n) is 11.7. The number of amides is 3. The summed E-state index contributed by atoms with van der Waals surface area (Å²) < 4.78 is 11.4. The van der Waals surface area contributed by atoms with Crippen LogP contribution >= 0.6 is 0 Å². The molecule has 3 heterocycles. The number of hydrogen-bond acceptors (Lipinski definition) is 6. The Morgan fingerprint density at radius 1 is 1.21 bits per heavy atom. The van der Waals surface area contributed by atoms with E-state index in [1.165, 1.54) is 18.2 Å². The highest BCUT2D eigenvalue weighted by Crippen LogP contribution is 2.51. The van der Waals surface area contributed by atoms with Crippen LogP contribution in [0.2, 0.25) is 0 Å². The molecule has 2 fully saturated rings. The minimum atomic E-state index is -1.27. The van der Waals surface area contributed by atoms with Gasteiger partial charge in [-0.1, -0.05) is 30.3 Å². The average molecular weight is 470 g/mol. The Balaban J connectivity index is 1.76. The molecule has 4 rings (SSSR count). The highest BCUT2D eigenvalue weighted by molar-refractivity contribution is 5.93. The van der Waals surface area contributed by atoms with Crippen LogP contribution in [0.15, 0.2) is 53.1 Å². The molecule has 34 heavy (non-hydrogen) atoms. The van der Waals surface area contributed by atoms with Crippen LogP contribution in [0.5, 0.6) is 0 Å². The predicted molar refractivity (Wildman–Crippen MR) is 122 cm³/mol. The van der Waals surface area contributed by atoms with Crippen molar-refractivity contribution in [3.05, 3.63) is 60.1 Å². The molecule has 0 radical (unpaired) electrons. The maximum atomic E-state index is 13.9. The maximum Gasteiger partial charge on any atom is 0.411 e. The summed E-state index contributed by atoms with van der Waals surface area (Å²) in [5.74, 6) is -0.810. The van der Waals surface area contributed by atoms with Crippen molar-refractivity contribution in [3.63, 3.8) is 0 Å². The number of nitrogens with zero attached hydrogens (tertiary/aromatic N) is 2. The van der Waals surface area contributed by atoms with Gasteiger partial charge in [-0.05, 0) is 43.4 Å². The molecule has 2 aliphatic rings. The Morgan fingerprint density at radius 3 is 2.68 bits per heavy atom. The standard InChI is InChI=1S/C25H31N3O6/c1-26-22(30)19-16-25(11-5-6-12-27(13-14-29)23(25)31)28(21(19)20-10-7-15-33-20)24(32)34-17-18-8-3-2-4-9-18/h2-4,7-10,15,19,21,29H,5-6,11-14,16-17H2,1H3,(H,26,30)/t19-,21+,25-/m0/s1. The van der Waals surface area contributed by atoms with E-state index in [1.807, 2.05) is 30.3 Å². The van der Waals surface area contributed by atoms with Gasteiger partial charge < -0.3 is 24.5 Å².